The Hall–Kier alpha value is -2.52. The lowest BCUT2D eigenvalue weighted by Gasteiger charge is -2.24. The van der Waals surface area contributed by atoms with E-state index in [-0.39, 0.29) is 22.5 Å². The molecule has 3 aromatic carbocycles. The molecular formula is C25H26FOS+. The molecule has 3 heteroatoms. The Kier molecular flexibility index (Phi) is 6.25. The highest BCUT2D eigenvalue weighted by Gasteiger charge is 2.30. The standard InChI is InChI=1S/C25H26FOS/c1-19(2)18-25(3,4)27-24-17-22(15-16-23(24)26)28(20-11-7-5-8-12-20)21-13-9-6-10-14-21/h5-18H,1-4H3/q+1. The third-order valence-electron chi connectivity index (χ3n) is 4.11. The lowest BCUT2D eigenvalue weighted by atomic mass is 10.1. The summed E-state index contributed by atoms with van der Waals surface area (Å²) in [7, 11) is -0.334. The fourth-order valence-corrected chi connectivity index (χ4v) is 5.32. The van der Waals surface area contributed by atoms with Crippen LogP contribution in [0.1, 0.15) is 27.7 Å². The highest BCUT2D eigenvalue weighted by Crippen LogP contribution is 2.34. The number of rotatable bonds is 6. The van der Waals surface area contributed by atoms with Crippen LogP contribution in [0.25, 0.3) is 0 Å². The molecule has 0 heterocycles. The van der Waals surface area contributed by atoms with Crippen molar-refractivity contribution in [1.29, 1.82) is 0 Å². The van der Waals surface area contributed by atoms with Gasteiger partial charge in [0.1, 0.15) is 5.60 Å². The Morgan fingerprint density at radius 1 is 0.821 bits per heavy atom. The molecule has 0 atom stereocenters. The molecular weight excluding hydrogens is 367 g/mol. The van der Waals surface area contributed by atoms with E-state index in [2.05, 4.69) is 24.3 Å². The molecule has 0 aliphatic carbocycles. The summed E-state index contributed by atoms with van der Waals surface area (Å²) < 4.78 is 20.6. The van der Waals surface area contributed by atoms with Gasteiger partial charge in [0.05, 0.1) is 10.9 Å². The zero-order valence-corrected chi connectivity index (χ0v) is 17.6. The van der Waals surface area contributed by atoms with Crippen LogP contribution in [0.4, 0.5) is 4.39 Å². The molecule has 0 saturated carbocycles. The molecule has 144 valence electrons. The first-order chi connectivity index (χ1) is 13.4. The zero-order chi connectivity index (χ0) is 20.1. The highest BCUT2D eigenvalue weighted by molar-refractivity contribution is 7.97. The van der Waals surface area contributed by atoms with Gasteiger partial charge in [-0.15, -0.1) is 0 Å². The van der Waals surface area contributed by atoms with E-state index in [0.717, 1.165) is 10.5 Å². The van der Waals surface area contributed by atoms with Gasteiger partial charge in [-0.05, 0) is 70.2 Å². The van der Waals surface area contributed by atoms with Gasteiger partial charge in [0.15, 0.2) is 26.3 Å². The maximum atomic E-state index is 14.6. The van der Waals surface area contributed by atoms with E-state index < -0.39 is 5.60 Å². The largest absolute Gasteiger partial charge is 0.481 e. The van der Waals surface area contributed by atoms with Crippen molar-refractivity contribution >= 4 is 10.9 Å². The van der Waals surface area contributed by atoms with E-state index in [1.54, 1.807) is 0 Å². The van der Waals surface area contributed by atoms with E-state index in [1.165, 1.54) is 15.9 Å². The number of halogens is 1. The molecule has 28 heavy (non-hydrogen) atoms. The summed E-state index contributed by atoms with van der Waals surface area (Å²) in [5.41, 5.74) is 0.547. The molecule has 3 rings (SSSR count). The van der Waals surface area contributed by atoms with Crippen LogP contribution >= 0.6 is 0 Å². The predicted octanol–water partition coefficient (Wildman–Crippen LogP) is 7.04. The van der Waals surface area contributed by atoms with E-state index in [4.69, 9.17) is 4.74 Å². The number of hydrogen-bond donors (Lipinski definition) is 0. The molecule has 0 saturated heterocycles. The number of benzene rings is 3. The lowest BCUT2D eigenvalue weighted by Crippen LogP contribution is -2.26. The van der Waals surface area contributed by atoms with Crippen LogP contribution in [0.3, 0.4) is 0 Å². The van der Waals surface area contributed by atoms with Gasteiger partial charge in [0, 0.05) is 6.07 Å². The number of allylic oxidation sites excluding steroid dienone is 1. The second kappa shape index (κ2) is 8.66. The first kappa shape index (κ1) is 20.2. The minimum Gasteiger partial charge on any atom is -0.481 e. The van der Waals surface area contributed by atoms with Gasteiger partial charge in [-0.3, -0.25) is 0 Å². The van der Waals surface area contributed by atoms with Crippen molar-refractivity contribution in [3.63, 3.8) is 0 Å². The third-order valence-corrected chi connectivity index (χ3v) is 6.32. The van der Waals surface area contributed by atoms with Crippen molar-refractivity contribution in [3.8, 4) is 5.75 Å². The molecule has 0 aromatic heterocycles. The monoisotopic (exact) mass is 393 g/mol. The minimum atomic E-state index is -0.587. The summed E-state index contributed by atoms with van der Waals surface area (Å²) in [6.45, 7) is 7.92. The summed E-state index contributed by atoms with van der Waals surface area (Å²) in [6, 6.07) is 25.9. The Morgan fingerprint density at radius 3 is 1.86 bits per heavy atom. The summed E-state index contributed by atoms with van der Waals surface area (Å²) in [4.78, 5) is 3.41. The molecule has 0 unspecified atom stereocenters. The van der Waals surface area contributed by atoms with Crippen LogP contribution in [0.15, 0.2) is 105 Å². The minimum absolute atomic E-state index is 0.282. The Balaban J connectivity index is 2.06. The van der Waals surface area contributed by atoms with Crippen LogP contribution in [0, 0.1) is 5.82 Å². The van der Waals surface area contributed by atoms with Crippen molar-refractivity contribution in [2.45, 2.75) is 48.0 Å². The molecule has 0 spiro atoms. The number of ether oxygens (including phenoxy) is 1. The molecule has 0 N–H and O–H groups in total. The molecule has 0 fully saturated rings. The summed E-state index contributed by atoms with van der Waals surface area (Å²) in [5, 5.41) is 0. The zero-order valence-electron chi connectivity index (χ0n) is 16.8. The molecule has 0 bridgehead atoms. The quantitative estimate of drug-likeness (QED) is 0.322. The van der Waals surface area contributed by atoms with Crippen molar-refractivity contribution in [1.82, 2.24) is 0 Å². The normalized spacial score (nSPS) is 11.4. The van der Waals surface area contributed by atoms with Crippen molar-refractivity contribution in [2.24, 2.45) is 0 Å². The average molecular weight is 394 g/mol. The van der Waals surface area contributed by atoms with Gasteiger partial charge in [-0.2, -0.15) is 0 Å². The highest BCUT2D eigenvalue weighted by atomic mass is 32.2. The van der Waals surface area contributed by atoms with Crippen molar-refractivity contribution in [3.05, 3.63) is 96.3 Å². The smallest absolute Gasteiger partial charge is 0.170 e. The molecule has 0 radical (unpaired) electrons. The average Bonchev–Trinajstić information content (AvgIpc) is 2.65. The molecule has 1 nitrogen and oxygen atoms in total. The van der Waals surface area contributed by atoms with Crippen molar-refractivity contribution in [2.75, 3.05) is 0 Å². The maximum absolute atomic E-state index is 14.6. The second-order valence-corrected chi connectivity index (χ2v) is 9.48. The SMILES string of the molecule is CC(C)=CC(C)(C)Oc1cc([S+](c2ccccc2)c2ccccc2)ccc1F. The van der Waals surface area contributed by atoms with Gasteiger partial charge in [-0.25, -0.2) is 4.39 Å². The topological polar surface area (TPSA) is 9.23 Å². The van der Waals surface area contributed by atoms with Gasteiger partial charge in [0.25, 0.3) is 0 Å². The van der Waals surface area contributed by atoms with Gasteiger partial charge in [-0.1, -0.05) is 42.0 Å². The van der Waals surface area contributed by atoms with E-state index in [1.807, 2.05) is 82.3 Å². The van der Waals surface area contributed by atoms with E-state index in [0.29, 0.717) is 0 Å². The predicted molar refractivity (Wildman–Crippen MR) is 116 cm³/mol. The molecule has 0 aliphatic heterocycles. The Morgan fingerprint density at radius 2 is 1.36 bits per heavy atom. The van der Waals surface area contributed by atoms with Gasteiger partial charge >= 0.3 is 0 Å². The molecule has 0 amide bonds. The third kappa shape index (κ3) is 5.05. The summed E-state index contributed by atoms with van der Waals surface area (Å²) in [6.07, 6.45) is 2.01. The second-order valence-electron chi connectivity index (χ2n) is 7.45. The summed E-state index contributed by atoms with van der Waals surface area (Å²) >= 11 is 0. The van der Waals surface area contributed by atoms with Gasteiger partial charge < -0.3 is 4.74 Å². The fraction of sp³-hybridized carbons (Fsp3) is 0.200. The Labute approximate surface area is 170 Å². The fourth-order valence-electron chi connectivity index (χ4n) is 3.22. The first-order valence-electron chi connectivity index (χ1n) is 9.35. The lowest BCUT2D eigenvalue weighted by molar-refractivity contribution is 0.153. The molecule has 0 aliphatic rings. The van der Waals surface area contributed by atoms with E-state index >= 15 is 0 Å². The van der Waals surface area contributed by atoms with E-state index in [9.17, 15) is 4.39 Å². The number of hydrogen-bond acceptors (Lipinski definition) is 1. The van der Waals surface area contributed by atoms with Crippen molar-refractivity contribution < 1.29 is 9.13 Å². The summed E-state index contributed by atoms with van der Waals surface area (Å²) in [5.74, 6) is -0.0620. The maximum Gasteiger partial charge on any atom is 0.170 e. The van der Waals surface area contributed by atoms with Crippen LogP contribution in [0.2, 0.25) is 0 Å². The van der Waals surface area contributed by atoms with Crippen LogP contribution in [-0.2, 0) is 10.9 Å². The van der Waals surface area contributed by atoms with Crippen LogP contribution < -0.4 is 4.74 Å². The Bertz CT molecular complexity index is 905. The van der Waals surface area contributed by atoms with Crippen LogP contribution in [-0.4, -0.2) is 5.60 Å². The molecule has 3 aromatic rings. The first-order valence-corrected chi connectivity index (χ1v) is 10.6. The van der Waals surface area contributed by atoms with Gasteiger partial charge in [0.2, 0.25) is 0 Å². The van der Waals surface area contributed by atoms with Crippen LogP contribution in [0.5, 0.6) is 5.75 Å².